The van der Waals surface area contributed by atoms with E-state index < -0.39 is 41.5 Å². The van der Waals surface area contributed by atoms with Crippen LogP contribution in [-0.4, -0.2) is 46.1 Å². The maximum Gasteiger partial charge on any atom is 0.416 e. The number of aromatic carboxylic acids is 1. The van der Waals surface area contributed by atoms with E-state index >= 15 is 0 Å². The monoisotopic (exact) mass is 537 g/mol. The first kappa shape index (κ1) is 27.2. The van der Waals surface area contributed by atoms with Gasteiger partial charge < -0.3 is 15.2 Å². The lowest BCUT2D eigenvalue weighted by atomic mass is 9.93. The quantitative estimate of drug-likeness (QED) is 0.315. The van der Waals surface area contributed by atoms with Crippen LogP contribution in [0.3, 0.4) is 0 Å². The maximum absolute atomic E-state index is 13.2. The molecule has 4 rings (SSSR count). The van der Waals surface area contributed by atoms with E-state index in [2.05, 4.69) is 15.3 Å². The van der Waals surface area contributed by atoms with Crippen molar-refractivity contribution in [2.45, 2.75) is 25.1 Å². The summed E-state index contributed by atoms with van der Waals surface area (Å²) in [6.07, 6.45) is -4.57. The van der Waals surface area contributed by atoms with Crippen molar-refractivity contribution < 1.29 is 37.4 Å². The zero-order valence-corrected chi connectivity index (χ0v) is 20.7. The molecule has 200 valence electrons. The molecule has 2 N–H and O–H groups in total. The minimum atomic E-state index is -4.57. The summed E-state index contributed by atoms with van der Waals surface area (Å²) in [5, 5.41) is 12.4. The van der Waals surface area contributed by atoms with Gasteiger partial charge in [0.15, 0.2) is 0 Å². The minimum absolute atomic E-state index is 0.0292. The fraction of sp³-hybridized carbons (Fsp3) is 0.179. The lowest BCUT2D eigenvalue weighted by Crippen LogP contribution is -2.45. The number of nitrogens with one attached hydrogen (secondary N) is 1. The van der Waals surface area contributed by atoms with Gasteiger partial charge in [-0.2, -0.15) is 13.2 Å². The lowest BCUT2D eigenvalue weighted by Gasteiger charge is -2.23. The number of methoxy groups -OCH3 is 1. The van der Waals surface area contributed by atoms with Crippen molar-refractivity contribution in [3.8, 4) is 11.3 Å². The minimum Gasteiger partial charge on any atom is -0.478 e. The number of nitrogens with zero attached hydrogens (tertiary/aromatic N) is 2. The van der Waals surface area contributed by atoms with E-state index in [9.17, 15) is 32.7 Å². The largest absolute Gasteiger partial charge is 0.478 e. The molecule has 11 heteroatoms. The second-order valence-corrected chi connectivity index (χ2v) is 8.68. The average molecular weight is 537 g/mol. The number of carbonyl (C=O) groups excluding carboxylic acids is 2. The predicted molar refractivity (Wildman–Crippen MR) is 135 cm³/mol. The fourth-order valence-electron chi connectivity index (χ4n) is 4.08. The number of aromatic nitrogens is 2. The maximum atomic E-state index is 13.2. The van der Waals surface area contributed by atoms with Crippen LogP contribution in [0, 0.1) is 0 Å². The van der Waals surface area contributed by atoms with E-state index in [1.165, 1.54) is 31.4 Å². The van der Waals surface area contributed by atoms with Crippen LogP contribution in [0.15, 0.2) is 72.8 Å². The summed E-state index contributed by atoms with van der Waals surface area (Å²) in [6.45, 7) is 1.73. The van der Waals surface area contributed by atoms with Gasteiger partial charge in [0, 0.05) is 11.5 Å². The topological polar surface area (TPSA) is 118 Å². The smallest absolute Gasteiger partial charge is 0.416 e. The van der Waals surface area contributed by atoms with Crippen LogP contribution in [0.4, 0.5) is 13.2 Å². The van der Waals surface area contributed by atoms with Gasteiger partial charge in [0.05, 0.1) is 29.4 Å². The van der Waals surface area contributed by atoms with E-state index in [1.807, 2.05) is 0 Å². The molecule has 0 saturated carbocycles. The lowest BCUT2D eigenvalue weighted by molar-refractivity contribution is -0.143. The molecule has 2 aromatic heterocycles. The highest BCUT2D eigenvalue weighted by Crippen LogP contribution is 2.32. The summed E-state index contributed by atoms with van der Waals surface area (Å²) in [5.41, 5.74) is -0.657. The Hall–Kier alpha value is -4.80. The first-order valence-corrected chi connectivity index (χ1v) is 11.7. The molecule has 2 heterocycles. The molecule has 0 bridgehead atoms. The Kier molecular flexibility index (Phi) is 7.61. The SMILES string of the molecule is COC(=O)[C@@H](NC(=O)c1cc(C(=O)O)c2nc(-c3cccc(C(F)(F)F)c3)ccc2n1)[C@@H](C)c1ccccc1. The zero-order chi connectivity index (χ0) is 28.3. The predicted octanol–water partition coefficient (Wildman–Crippen LogP) is 5.09. The van der Waals surface area contributed by atoms with Gasteiger partial charge >= 0.3 is 18.1 Å². The summed E-state index contributed by atoms with van der Waals surface area (Å²) in [7, 11) is 1.18. The van der Waals surface area contributed by atoms with Gasteiger partial charge in [-0.3, -0.25) is 4.79 Å². The van der Waals surface area contributed by atoms with Crippen LogP contribution in [0.25, 0.3) is 22.3 Å². The number of carboxylic acid groups (broad SMARTS) is 1. The van der Waals surface area contributed by atoms with Crippen LogP contribution in [0.2, 0.25) is 0 Å². The highest BCUT2D eigenvalue weighted by atomic mass is 19.4. The normalized spacial score (nSPS) is 12.9. The first-order valence-electron chi connectivity index (χ1n) is 11.7. The molecule has 0 unspecified atom stereocenters. The molecule has 4 aromatic rings. The molecule has 0 spiro atoms. The number of rotatable bonds is 7. The molecule has 0 aliphatic rings. The molecule has 1 amide bonds. The molecule has 0 aliphatic carbocycles. The third-order valence-electron chi connectivity index (χ3n) is 6.17. The molecule has 0 radical (unpaired) electrons. The number of fused-ring (bicyclic) bond motifs is 1. The van der Waals surface area contributed by atoms with Gasteiger partial charge in [-0.15, -0.1) is 0 Å². The molecule has 2 atom stereocenters. The number of hydrogen-bond acceptors (Lipinski definition) is 6. The summed E-state index contributed by atoms with van der Waals surface area (Å²) < 4.78 is 44.3. The van der Waals surface area contributed by atoms with Crippen molar-refractivity contribution >= 4 is 28.9 Å². The van der Waals surface area contributed by atoms with E-state index in [-0.39, 0.29) is 33.5 Å². The Balaban J connectivity index is 1.71. The standard InChI is InChI=1S/C28H22F3N3O5/c1-15(16-7-4-3-5-8-16)23(27(38)39-2)34-25(35)22-14-19(26(36)37)24-21(32-22)12-11-20(33-24)17-9-6-10-18(13-17)28(29,30)31/h3-15,23H,1-2H3,(H,34,35)(H,36,37)/t15-,23-/m0/s1. The van der Waals surface area contributed by atoms with Gasteiger partial charge in [0.2, 0.25) is 0 Å². The van der Waals surface area contributed by atoms with Gasteiger partial charge in [-0.1, -0.05) is 49.4 Å². The molecular formula is C28H22F3N3O5. The summed E-state index contributed by atoms with van der Waals surface area (Å²) in [4.78, 5) is 46.2. The molecule has 0 fully saturated rings. The number of ether oxygens (including phenoxy) is 1. The highest BCUT2D eigenvalue weighted by Gasteiger charge is 2.31. The summed E-state index contributed by atoms with van der Waals surface area (Å²) in [5.74, 6) is -3.43. The second kappa shape index (κ2) is 10.9. The molecule has 0 saturated heterocycles. The third-order valence-corrected chi connectivity index (χ3v) is 6.17. The molecule has 39 heavy (non-hydrogen) atoms. The number of amides is 1. The number of pyridine rings is 2. The van der Waals surface area contributed by atoms with Crippen molar-refractivity contribution in [3.05, 3.63) is 95.2 Å². The summed E-state index contributed by atoms with van der Waals surface area (Å²) >= 11 is 0. The Bertz CT molecular complexity index is 1560. The van der Waals surface area contributed by atoms with Crippen LogP contribution >= 0.6 is 0 Å². The number of esters is 1. The van der Waals surface area contributed by atoms with E-state index in [1.54, 1.807) is 37.3 Å². The van der Waals surface area contributed by atoms with Gasteiger partial charge in [0.25, 0.3) is 5.91 Å². The Morgan fingerprint density at radius 2 is 1.67 bits per heavy atom. The number of benzene rings is 2. The average Bonchev–Trinajstić information content (AvgIpc) is 2.94. The Labute approximate surface area is 220 Å². The first-order chi connectivity index (χ1) is 18.5. The van der Waals surface area contributed by atoms with Crippen molar-refractivity contribution in [1.82, 2.24) is 15.3 Å². The van der Waals surface area contributed by atoms with Gasteiger partial charge in [0.1, 0.15) is 17.3 Å². The van der Waals surface area contributed by atoms with Crippen LogP contribution < -0.4 is 5.32 Å². The second-order valence-electron chi connectivity index (χ2n) is 8.68. The Morgan fingerprint density at radius 1 is 0.949 bits per heavy atom. The molecule has 0 aliphatic heterocycles. The van der Waals surface area contributed by atoms with Crippen molar-refractivity contribution in [3.63, 3.8) is 0 Å². The molecule has 2 aromatic carbocycles. The van der Waals surface area contributed by atoms with E-state index in [0.29, 0.717) is 0 Å². The zero-order valence-electron chi connectivity index (χ0n) is 20.7. The van der Waals surface area contributed by atoms with Crippen LogP contribution in [0.5, 0.6) is 0 Å². The number of hydrogen-bond donors (Lipinski definition) is 2. The highest BCUT2D eigenvalue weighted by molar-refractivity contribution is 6.05. The number of alkyl halides is 3. The summed E-state index contributed by atoms with van der Waals surface area (Å²) in [6, 6.07) is 16.1. The fourth-order valence-corrected chi connectivity index (χ4v) is 4.08. The van der Waals surface area contributed by atoms with E-state index in [4.69, 9.17) is 4.74 Å². The van der Waals surface area contributed by atoms with Crippen molar-refractivity contribution in [2.75, 3.05) is 7.11 Å². The van der Waals surface area contributed by atoms with Gasteiger partial charge in [-0.05, 0) is 35.9 Å². The molecular weight excluding hydrogens is 515 g/mol. The van der Waals surface area contributed by atoms with Gasteiger partial charge in [-0.25, -0.2) is 19.6 Å². The van der Waals surface area contributed by atoms with Crippen LogP contribution in [0.1, 0.15) is 44.8 Å². The molecule has 8 nitrogen and oxygen atoms in total. The number of carboxylic acids is 1. The number of halogens is 3. The Morgan fingerprint density at radius 3 is 2.31 bits per heavy atom. The number of carbonyl (C=O) groups is 3. The van der Waals surface area contributed by atoms with Crippen LogP contribution in [-0.2, 0) is 15.7 Å². The third kappa shape index (κ3) is 5.87. The van der Waals surface area contributed by atoms with E-state index in [0.717, 1.165) is 23.8 Å². The van der Waals surface area contributed by atoms with Crippen molar-refractivity contribution in [2.24, 2.45) is 0 Å². The van der Waals surface area contributed by atoms with Crippen molar-refractivity contribution in [1.29, 1.82) is 0 Å².